The highest BCUT2D eigenvalue weighted by atomic mass is 16.3. The maximum Gasteiger partial charge on any atom is 0.225 e. The van der Waals surface area contributed by atoms with Gasteiger partial charge in [0.05, 0.1) is 12.6 Å². The zero-order valence-electron chi connectivity index (χ0n) is 16.1. The summed E-state index contributed by atoms with van der Waals surface area (Å²) in [4.78, 5) is 24.6. The second-order valence-electron chi connectivity index (χ2n) is 6.05. The Balaban J connectivity index is -0.000000434. The first-order valence-electron chi connectivity index (χ1n) is 8.14. The van der Waals surface area contributed by atoms with Gasteiger partial charge in [-0.3, -0.25) is 14.5 Å². The molecule has 1 N–H and O–H groups in total. The Morgan fingerprint density at radius 3 is 1.86 bits per heavy atom. The standard InChI is InChI=1S/C11H21NO3.C4H11N.C2H6/c1-5-11(3,4)6-10(15)7-12(8-13)9(2)14;1-4-5(2)3;1-2/h8,10,15H,5-7H2,1-4H3;4H2,1-3H3;1-2H3. The molecule has 5 nitrogen and oxygen atoms in total. The number of amides is 2. The Kier molecular flexibility index (Phi) is 17.7. The van der Waals surface area contributed by atoms with E-state index < -0.39 is 6.10 Å². The molecule has 0 aromatic rings. The Morgan fingerprint density at radius 2 is 1.64 bits per heavy atom. The van der Waals surface area contributed by atoms with E-state index in [4.69, 9.17) is 0 Å². The SMILES string of the molecule is CC.CCC(C)(C)CC(O)CN(C=O)C(C)=O.CCN(C)C. The van der Waals surface area contributed by atoms with E-state index in [1.165, 1.54) is 6.92 Å². The monoisotopic (exact) mass is 318 g/mol. The highest BCUT2D eigenvalue weighted by Crippen LogP contribution is 2.26. The molecule has 0 aromatic carbocycles. The van der Waals surface area contributed by atoms with Gasteiger partial charge in [0, 0.05) is 6.92 Å². The van der Waals surface area contributed by atoms with Gasteiger partial charge in [-0.05, 0) is 32.5 Å². The normalized spacial score (nSPS) is 11.6. The quantitative estimate of drug-likeness (QED) is 0.733. The molecule has 1 atom stereocenters. The van der Waals surface area contributed by atoms with Crippen LogP contribution >= 0.6 is 0 Å². The maximum atomic E-state index is 10.9. The molecule has 0 rings (SSSR count). The Morgan fingerprint density at radius 1 is 1.23 bits per heavy atom. The van der Waals surface area contributed by atoms with E-state index in [1.807, 2.05) is 13.8 Å². The van der Waals surface area contributed by atoms with Crippen LogP contribution in [0.5, 0.6) is 0 Å². The molecule has 0 aromatic heterocycles. The number of aliphatic hydroxyl groups excluding tert-OH is 1. The molecule has 0 saturated heterocycles. The van der Waals surface area contributed by atoms with Crippen LogP contribution in [-0.2, 0) is 9.59 Å². The van der Waals surface area contributed by atoms with E-state index >= 15 is 0 Å². The molecule has 0 aliphatic rings. The lowest BCUT2D eigenvalue weighted by atomic mass is 9.84. The Hall–Kier alpha value is -0.940. The molecular formula is C17H38N2O3. The van der Waals surface area contributed by atoms with Crippen molar-refractivity contribution < 1.29 is 14.7 Å². The second-order valence-corrected chi connectivity index (χ2v) is 6.05. The van der Waals surface area contributed by atoms with E-state index in [2.05, 4.69) is 46.7 Å². The molecular weight excluding hydrogens is 280 g/mol. The van der Waals surface area contributed by atoms with Crippen LogP contribution in [0, 0.1) is 5.41 Å². The first-order chi connectivity index (χ1) is 10.1. The molecule has 2 amide bonds. The predicted octanol–water partition coefficient (Wildman–Crippen LogP) is 2.77. The van der Waals surface area contributed by atoms with Gasteiger partial charge in [-0.2, -0.15) is 0 Å². The number of hydrogen-bond donors (Lipinski definition) is 1. The summed E-state index contributed by atoms with van der Waals surface area (Å²) < 4.78 is 0. The van der Waals surface area contributed by atoms with Crippen LogP contribution in [0.2, 0.25) is 0 Å². The Labute approximate surface area is 137 Å². The average molecular weight is 319 g/mol. The number of rotatable bonds is 7. The van der Waals surface area contributed by atoms with Crippen molar-refractivity contribution in [1.82, 2.24) is 9.80 Å². The van der Waals surface area contributed by atoms with Crippen molar-refractivity contribution in [2.45, 2.75) is 67.4 Å². The van der Waals surface area contributed by atoms with Gasteiger partial charge < -0.3 is 10.0 Å². The van der Waals surface area contributed by atoms with Crippen LogP contribution in [0.15, 0.2) is 0 Å². The van der Waals surface area contributed by atoms with Crippen molar-refractivity contribution in [1.29, 1.82) is 0 Å². The molecule has 0 fully saturated rings. The minimum absolute atomic E-state index is 0.0325. The van der Waals surface area contributed by atoms with E-state index in [-0.39, 0.29) is 17.9 Å². The van der Waals surface area contributed by atoms with Gasteiger partial charge in [-0.1, -0.05) is 48.0 Å². The highest BCUT2D eigenvalue weighted by Gasteiger charge is 2.22. The lowest BCUT2D eigenvalue weighted by Crippen LogP contribution is -2.36. The van der Waals surface area contributed by atoms with Crippen molar-refractivity contribution in [2.24, 2.45) is 5.41 Å². The zero-order chi connectivity index (χ0) is 18.3. The molecule has 0 bridgehead atoms. The van der Waals surface area contributed by atoms with Crippen LogP contribution in [0.3, 0.4) is 0 Å². The number of hydrogen-bond acceptors (Lipinski definition) is 4. The second kappa shape index (κ2) is 15.0. The third-order valence-electron chi connectivity index (χ3n) is 3.32. The first kappa shape index (κ1) is 26.0. The van der Waals surface area contributed by atoms with Crippen LogP contribution < -0.4 is 0 Å². The highest BCUT2D eigenvalue weighted by molar-refractivity contribution is 5.84. The first-order valence-corrected chi connectivity index (χ1v) is 8.14. The topological polar surface area (TPSA) is 60.9 Å². The van der Waals surface area contributed by atoms with E-state index in [1.54, 1.807) is 0 Å². The third-order valence-corrected chi connectivity index (χ3v) is 3.32. The Bertz CT molecular complexity index is 279. The lowest BCUT2D eigenvalue weighted by Gasteiger charge is -2.27. The van der Waals surface area contributed by atoms with Gasteiger partial charge in [0.2, 0.25) is 12.3 Å². The number of nitrogens with zero attached hydrogens (tertiary/aromatic N) is 2. The van der Waals surface area contributed by atoms with Crippen LogP contribution in [0.4, 0.5) is 0 Å². The number of imide groups is 1. The fraction of sp³-hybridized carbons (Fsp3) is 0.882. The molecule has 0 saturated carbocycles. The van der Waals surface area contributed by atoms with E-state index in [0.29, 0.717) is 12.8 Å². The van der Waals surface area contributed by atoms with Crippen LogP contribution in [-0.4, -0.2) is 60.5 Å². The lowest BCUT2D eigenvalue weighted by molar-refractivity contribution is -0.138. The number of carbonyl (C=O) groups excluding carboxylic acids is 2. The van der Waals surface area contributed by atoms with Gasteiger partial charge in [-0.15, -0.1) is 0 Å². The summed E-state index contributed by atoms with van der Waals surface area (Å²) in [6, 6.07) is 0. The molecule has 0 aliphatic heterocycles. The van der Waals surface area contributed by atoms with Gasteiger partial charge in [0.25, 0.3) is 0 Å². The van der Waals surface area contributed by atoms with Crippen LogP contribution in [0.25, 0.3) is 0 Å². The van der Waals surface area contributed by atoms with Crippen LogP contribution in [0.1, 0.15) is 61.3 Å². The summed E-state index contributed by atoms with van der Waals surface area (Å²) in [6.07, 6.45) is 1.35. The van der Waals surface area contributed by atoms with Gasteiger partial charge >= 0.3 is 0 Å². The summed E-state index contributed by atoms with van der Waals surface area (Å²) in [7, 11) is 4.11. The largest absolute Gasteiger partial charge is 0.391 e. The summed E-state index contributed by atoms with van der Waals surface area (Å²) in [5.41, 5.74) is 0.0325. The van der Waals surface area contributed by atoms with Gasteiger partial charge in [-0.25, -0.2) is 0 Å². The number of carbonyl (C=O) groups is 2. The summed E-state index contributed by atoms with van der Waals surface area (Å²) in [6.45, 7) is 14.8. The molecule has 22 heavy (non-hydrogen) atoms. The average Bonchev–Trinajstić information content (AvgIpc) is 2.46. The summed E-state index contributed by atoms with van der Waals surface area (Å²) in [5.74, 6) is -0.335. The summed E-state index contributed by atoms with van der Waals surface area (Å²) >= 11 is 0. The number of aliphatic hydroxyl groups is 1. The van der Waals surface area contributed by atoms with Crippen molar-refractivity contribution in [2.75, 3.05) is 27.2 Å². The van der Waals surface area contributed by atoms with Gasteiger partial charge in [0.1, 0.15) is 0 Å². The smallest absolute Gasteiger partial charge is 0.225 e. The van der Waals surface area contributed by atoms with Gasteiger partial charge in [0.15, 0.2) is 0 Å². The molecule has 0 heterocycles. The molecule has 5 heteroatoms. The third kappa shape index (κ3) is 17.1. The van der Waals surface area contributed by atoms with E-state index in [0.717, 1.165) is 17.9 Å². The van der Waals surface area contributed by atoms with Crippen molar-refractivity contribution >= 4 is 12.3 Å². The maximum absolute atomic E-state index is 10.9. The molecule has 1 unspecified atom stereocenters. The molecule has 0 spiro atoms. The van der Waals surface area contributed by atoms with Crippen molar-refractivity contribution in [3.63, 3.8) is 0 Å². The summed E-state index contributed by atoms with van der Waals surface area (Å²) in [5, 5.41) is 9.71. The molecule has 0 aliphatic carbocycles. The van der Waals surface area contributed by atoms with Crippen molar-refractivity contribution in [3.8, 4) is 0 Å². The zero-order valence-corrected chi connectivity index (χ0v) is 16.1. The fourth-order valence-corrected chi connectivity index (χ4v) is 1.32. The minimum Gasteiger partial charge on any atom is -0.391 e. The minimum atomic E-state index is -0.644. The molecule has 134 valence electrons. The predicted molar refractivity (Wildman–Crippen MR) is 93.7 cm³/mol. The fourth-order valence-electron chi connectivity index (χ4n) is 1.32. The van der Waals surface area contributed by atoms with Crippen molar-refractivity contribution in [3.05, 3.63) is 0 Å². The van der Waals surface area contributed by atoms with E-state index in [9.17, 15) is 14.7 Å². The molecule has 0 radical (unpaired) electrons.